The number of hydrogen-bond acceptors (Lipinski definition) is 6. The molecular formula is C22H37ClN4O4S. The van der Waals surface area contributed by atoms with E-state index in [1.165, 1.54) is 0 Å². The molecule has 2 aliphatic heterocycles. The monoisotopic (exact) mass is 488 g/mol. The highest BCUT2D eigenvalue weighted by Gasteiger charge is 2.27. The molecule has 1 aromatic rings. The summed E-state index contributed by atoms with van der Waals surface area (Å²) in [5.74, 6) is 0.655. The fraction of sp³-hybridized carbons (Fsp3) is 0.682. The van der Waals surface area contributed by atoms with Crippen LogP contribution in [0.25, 0.3) is 0 Å². The molecule has 0 radical (unpaired) electrons. The fourth-order valence-electron chi connectivity index (χ4n) is 4.17. The van der Waals surface area contributed by atoms with Crippen molar-refractivity contribution < 1.29 is 17.9 Å². The number of amides is 1. The van der Waals surface area contributed by atoms with Crippen LogP contribution in [0.3, 0.4) is 0 Å². The van der Waals surface area contributed by atoms with E-state index in [2.05, 4.69) is 9.80 Å². The molecule has 0 bridgehead atoms. The van der Waals surface area contributed by atoms with Crippen LogP contribution >= 0.6 is 12.4 Å². The summed E-state index contributed by atoms with van der Waals surface area (Å²) in [6.07, 6.45) is 3.04. The maximum atomic E-state index is 12.2. The second kappa shape index (κ2) is 11.0. The van der Waals surface area contributed by atoms with E-state index in [1.807, 2.05) is 37.8 Å². The van der Waals surface area contributed by atoms with Gasteiger partial charge < -0.3 is 14.5 Å². The molecule has 8 nitrogen and oxygen atoms in total. The highest BCUT2D eigenvalue weighted by atomic mass is 35.5. The van der Waals surface area contributed by atoms with Crippen LogP contribution in [0, 0.1) is 5.92 Å². The van der Waals surface area contributed by atoms with E-state index < -0.39 is 15.6 Å². The predicted octanol–water partition coefficient (Wildman–Crippen LogP) is 2.92. The van der Waals surface area contributed by atoms with Crippen molar-refractivity contribution in [2.24, 2.45) is 11.1 Å². The number of nitrogens with two attached hydrogens (primary N) is 1. The minimum absolute atomic E-state index is 0. The number of primary sulfonamides is 1. The number of likely N-dealkylation sites (tertiary alicyclic amines) is 1. The summed E-state index contributed by atoms with van der Waals surface area (Å²) in [5.41, 5.74) is 0.585. The molecule has 32 heavy (non-hydrogen) atoms. The second-order valence-corrected chi connectivity index (χ2v) is 11.1. The van der Waals surface area contributed by atoms with Gasteiger partial charge >= 0.3 is 6.09 Å². The summed E-state index contributed by atoms with van der Waals surface area (Å²) in [4.78, 5) is 19.0. The Bertz CT molecular complexity index is 842. The van der Waals surface area contributed by atoms with E-state index in [-0.39, 0.29) is 23.4 Å². The number of piperazine rings is 1. The average Bonchev–Trinajstić information content (AvgIpc) is 2.71. The van der Waals surface area contributed by atoms with Gasteiger partial charge in [0, 0.05) is 45.0 Å². The summed E-state index contributed by atoms with van der Waals surface area (Å²) in [5, 5.41) is 5.17. The summed E-state index contributed by atoms with van der Waals surface area (Å²) >= 11 is 0. The molecule has 0 unspecified atom stereocenters. The molecule has 1 amide bonds. The van der Waals surface area contributed by atoms with E-state index in [0.29, 0.717) is 5.92 Å². The van der Waals surface area contributed by atoms with E-state index in [0.717, 1.165) is 70.8 Å². The SMILES string of the molecule is CC(C)(C)OC(=O)N1CCC(CCN2CCN(c3ccc(S(N)(=O)=O)cc3)CC2)CC1.Cl. The number of benzene rings is 1. The number of carbonyl (C=O) groups is 1. The van der Waals surface area contributed by atoms with Crippen LogP contribution in [0.15, 0.2) is 29.2 Å². The second-order valence-electron chi connectivity index (χ2n) is 9.57. The average molecular weight is 489 g/mol. The van der Waals surface area contributed by atoms with Crippen molar-refractivity contribution in [1.82, 2.24) is 9.80 Å². The summed E-state index contributed by atoms with van der Waals surface area (Å²) < 4.78 is 28.3. The molecule has 0 aliphatic carbocycles. The van der Waals surface area contributed by atoms with Crippen molar-refractivity contribution >= 4 is 34.2 Å². The number of carbonyl (C=O) groups excluding carboxylic acids is 1. The number of nitrogens with zero attached hydrogens (tertiary/aromatic N) is 3. The predicted molar refractivity (Wildman–Crippen MR) is 129 cm³/mol. The first-order chi connectivity index (χ1) is 14.5. The number of halogens is 1. The van der Waals surface area contributed by atoms with Gasteiger partial charge in [0.15, 0.2) is 0 Å². The van der Waals surface area contributed by atoms with Crippen LogP contribution < -0.4 is 10.0 Å². The minimum atomic E-state index is -3.65. The summed E-state index contributed by atoms with van der Waals surface area (Å²) in [6.45, 7) is 12.2. The van der Waals surface area contributed by atoms with Gasteiger partial charge in [0.05, 0.1) is 4.90 Å². The lowest BCUT2D eigenvalue weighted by atomic mass is 9.93. The van der Waals surface area contributed by atoms with Gasteiger partial charge in [0.2, 0.25) is 10.0 Å². The molecule has 0 aromatic heterocycles. The highest BCUT2D eigenvalue weighted by Crippen LogP contribution is 2.24. The molecule has 2 heterocycles. The topological polar surface area (TPSA) is 96.2 Å². The molecular weight excluding hydrogens is 452 g/mol. The van der Waals surface area contributed by atoms with Crippen LogP contribution in [0.1, 0.15) is 40.0 Å². The van der Waals surface area contributed by atoms with Gasteiger partial charge in [0.25, 0.3) is 0 Å². The zero-order chi connectivity index (χ0) is 22.6. The molecule has 3 rings (SSSR count). The van der Waals surface area contributed by atoms with Crippen LogP contribution in [0.5, 0.6) is 0 Å². The first kappa shape index (κ1) is 26.7. The molecule has 0 spiro atoms. The lowest BCUT2D eigenvalue weighted by molar-refractivity contribution is 0.0177. The van der Waals surface area contributed by atoms with Gasteiger partial charge in [-0.05, 0) is 76.8 Å². The van der Waals surface area contributed by atoms with Gasteiger partial charge in [-0.1, -0.05) is 0 Å². The largest absolute Gasteiger partial charge is 0.444 e. The lowest BCUT2D eigenvalue weighted by Gasteiger charge is -2.38. The fourth-order valence-corrected chi connectivity index (χ4v) is 4.69. The quantitative estimate of drug-likeness (QED) is 0.684. The Morgan fingerprint density at radius 1 is 1.03 bits per heavy atom. The molecule has 2 N–H and O–H groups in total. The first-order valence-electron chi connectivity index (χ1n) is 11.1. The molecule has 10 heteroatoms. The summed E-state index contributed by atoms with van der Waals surface area (Å²) in [6, 6.07) is 6.79. The van der Waals surface area contributed by atoms with Crippen LogP contribution in [-0.2, 0) is 14.8 Å². The van der Waals surface area contributed by atoms with E-state index in [4.69, 9.17) is 9.88 Å². The third-order valence-corrected chi connectivity index (χ3v) is 6.95. The van der Waals surface area contributed by atoms with Crippen LogP contribution in [0.4, 0.5) is 10.5 Å². The zero-order valence-electron chi connectivity index (χ0n) is 19.3. The Balaban J connectivity index is 0.00000363. The standard InChI is InChI=1S/C22H36N4O4S.ClH/c1-22(2,3)30-21(27)26-12-9-18(10-13-26)8-11-24-14-16-25(17-15-24)19-4-6-20(7-5-19)31(23,28)29;/h4-7,18H,8-17H2,1-3H3,(H2,23,28,29);1H. The number of rotatable bonds is 5. The lowest BCUT2D eigenvalue weighted by Crippen LogP contribution is -2.47. The Labute approximate surface area is 198 Å². The third-order valence-electron chi connectivity index (χ3n) is 6.02. The Kier molecular flexibility index (Phi) is 9.22. The summed E-state index contributed by atoms with van der Waals surface area (Å²) in [7, 11) is -3.65. The first-order valence-corrected chi connectivity index (χ1v) is 12.6. The number of sulfonamides is 1. The van der Waals surface area contributed by atoms with Gasteiger partial charge in [-0.25, -0.2) is 18.4 Å². The van der Waals surface area contributed by atoms with E-state index in [9.17, 15) is 13.2 Å². The Morgan fingerprint density at radius 3 is 2.09 bits per heavy atom. The number of ether oxygens (including phenoxy) is 1. The zero-order valence-corrected chi connectivity index (χ0v) is 21.0. The van der Waals surface area contributed by atoms with Crippen molar-refractivity contribution in [2.75, 3.05) is 50.7 Å². The smallest absolute Gasteiger partial charge is 0.410 e. The van der Waals surface area contributed by atoms with Gasteiger partial charge in [-0.15, -0.1) is 12.4 Å². The van der Waals surface area contributed by atoms with E-state index in [1.54, 1.807) is 12.1 Å². The molecule has 2 aliphatic rings. The molecule has 182 valence electrons. The normalized spacial score (nSPS) is 18.9. The molecule has 2 saturated heterocycles. The Hall–Kier alpha value is -1.55. The van der Waals surface area contributed by atoms with E-state index >= 15 is 0 Å². The van der Waals surface area contributed by atoms with Gasteiger partial charge in [-0.3, -0.25) is 4.90 Å². The molecule has 1 aromatic carbocycles. The van der Waals surface area contributed by atoms with Gasteiger partial charge in [0.1, 0.15) is 5.60 Å². The molecule has 0 saturated carbocycles. The van der Waals surface area contributed by atoms with Crippen molar-refractivity contribution in [3.8, 4) is 0 Å². The number of piperidine rings is 1. The number of hydrogen-bond donors (Lipinski definition) is 1. The maximum Gasteiger partial charge on any atom is 0.410 e. The number of anilines is 1. The highest BCUT2D eigenvalue weighted by molar-refractivity contribution is 7.89. The van der Waals surface area contributed by atoms with Crippen LogP contribution in [0.2, 0.25) is 0 Å². The minimum Gasteiger partial charge on any atom is -0.444 e. The molecule has 0 atom stereocenters. The van der Waals surface area contributed by atoms with Crippen LogP contribution in [-0.4, -0.2) is 75.7 Å². The van der Waals surface area contributed by atoms with Crippen molar-refractivity contribution in [3.63, 3.8) is 0 Å². The van der Waals surface area contributed by atoms with Gasteiger partial charge in [-0.2, -0.15) is 0 Å². The Morgan fingerprint density at radius 2 is 1.59 bits per heavy atom. The van der Waals surface area contributed by atoms with Crippen molar-refractivity contribution in [2.45, 2.75) is 50.5 Å². The maximum absolute atomic E-state index is 12.2. The third kappa shape index (κ3) is 7.79. The van der Waals surface area contributed by atoms with Crippen molar-refractivity contribution in [1.29, 1.82) is 0 Å². The van der Waals surface area contributed by atoms with Crippen molar-refractivity contribution in [3.05, 3.63) is 24.3 Å². The molecule has 2 fully saturated rings.